The highest BCUT2D eigenvalue weighted by atomic mass is 16.2. The molecule has 0 unspecified atom stereocenters. The predicted molar refractivity (Wildman–Crippen MR) is 109 cm³/mol. The standard InChI is InChI=1S/C23H26N4O/c1-26(17-18-11-13-24-14-12-18)23(28)20-9-5-6-10-21(20)27-16-15-25-22(27)19-7-3-2-4-8-19/h5-6,9-16,19H,2-4,7-8,17H2,1H3. The third-order valence-electron chi connectivity index (χ3n) is 5.55. The summed E-state index contributed by atoms with van der Waals surface area (Å²) in [4.78, 5) is 23.7. The maximum atomic E-state index is 13.2. The van der Waals surface area contributed by atoms with Crippen LogP contribution in [0.25, 0.3) is 5.69 Å². The molecule has 0 saturated heterocycles. The van der Waals surface area contributed by atoms with Gasteiger partial charge in [0.2, 0.25) is 0 Å². The van der Waals surface area contributed by atoms with Crippen molar-refractivity contribution in [3.8, 4) is 5.69 Å². The van der Waals surface area contributed by atoms with Crippen molar-refractivity contribution in [2.45, 2.75) is 44.6 Å². The Morgan fingerprint density at radius 3 is 2.61 bits per heavy atom. The molecule has 1 fully saturated rings. The van der Waals surface area contributed by atoms with Crippen molar-refractivity contribution in [3.05, 3.63) is 78.1 Å². The van der Waals surface area contributed by atoms with Crippen molar-refractivity contribution in [3.63, 3.8) is 0 Å². The van der Waals surface area contributed by atoms with E-state index in [4.69, 9.17) is 0 Å². The van der Waals surface area contributed by atoms with Crippen LogP contribution in [0.15, 0.2) is 61.2 Å². The Bertz CT molecular complexity index is 929. The molecule has 0 atom stereocenters. The molecule has 0 radical (unpaired) electrons. The summed E-state index contributed by atoms with van der Waals surface area (Å²) in [6.07, 6.45) is 13.5. The molecule has 0 spiro atoms. The second-order valence-electron chi connectivity index (χ2n) is 7.52. The minimum atomic E-state index is 0.00991. The average molecular weight is 374 g/mol. The quantitative estimate of drug-likeness (QED) is 0.656. The largest absolute Gasteiger partial charge is 0.337 e. The van der Waals surface area contributed by atoms with E-state index in [0.29, 0.717) is 18.0 Å². The fourth-order valence-electron chi connectivity index (χ4n) is 4.09. The smallest absolute Gasteiger partial charge is 0.256 e. The number of hydrogen-bond acceptors (Lipinski definition) is 3. The Kier molecular flexibility index (Phi) is 5.51. The number of pyridine rings is 1. The highest BCUT2D eigenvalue weighted by molar-refractivity contribution is 5.97. The first-order valence-electron chi connectivity index (χ1n) is 10.0. The average Bonchev–Trinajstić information content (AvgIpc) is 3.24. The Balaban J connectivity index is 1.63. The molecular weight excluding hydrogens is 348 g/mol. The normalized spacial score (nSPS) is 14.8. The first-order chi connectivity index (χ1) is 13.7. The number of carbonyl (C=O) groups is 1. The van der Waals surface area contributed by atoms with Crippen LogP contribution >= 0.6 is 0 Å². The summed E-state index contributed by atoms with van der Waals surface area (Å²) < 4.78 is 2.11. The van der Waals surface area contributed by atoms with Gasteiger partial charge in [0.15, 0.2) is 0 Å². The lowest BCUT2D eigenvalue weighted by molar-refractivity contribution is 0.0785. The molecule has 144 valence electrons. The number of rotatable bonds is 5. The van der Waals surface area contributed by atoms with Gasteiger partial charge in [-0.05, 0) is 42.7 Å². The molecule has 5 nitrogen and oxygen atoms in total. The lowest BCUT2D eigenvalue weighted by Crippen LogP contribution is -2.27. The van der Waals surface area contributed by atoms with Crippen LogP contribution in [0.4, 0.5) is 0 Å². The summed E-state index contributed by atoms with van der Waals surface area (Å²) in [5.41, 5.74) is 2.68. The zero-order valence-electron chi connectivity index (χ0n) is 16.3. The van der Waals surface area contributed by atoms with E-state index in [1.54, 1.807) is 17.3 Å². The zero-order chi connectivity index (χ0) is 19.3. The van der Waals surface area contributed by atoms with E-state index in [1.165, 1.54) is 32.1 Å². The number of aromatic nitrogens is 3. The van der Waals surface area contributed by atoms with Gasteiger partial charge in [-0.1, -0.05) is 31.4 Å². The molecule has 0 aliphatic heterocycles. The van der Waals surface area contributed by atoms with Gasteiger partial charge in [0, 0.05) is 44.3 Å². The molecule has 0 N–H and O–H groups in total. The molecule has 5 heteroatoms. The number of hydrogen-bond donors (Lipinski definition) is 0. The van der Waals surface area contributed by atoms with Crippen LogP contribution in [-0.2, 0) is 6.54 Å². The van der Waals surface area contributed by atoms with Gasteiger partial charge >= 0.3 is 0 Å². The van der Waals surface area contributed by atoms with Crippen molar-refractivity contribution in [2.24, 2.45) is 0 Å². The van der Waals surface area contributed by atoms with E-state index < -0.39 is 0 Å². The number of benzene rings is 1. The van der Waals surface area contributed by atoms with Crippen LogP contribution in [0, 0.1) is 0 Å². The molecule has 4 rings (SSSR count). The minimum Gasteiger partial charge on any atom is -0.337 e. The van der Waals surface area contributed by atoms with Crippen molar-refractivity contribution in [1.82, 2.24) is 19.4 Å². The van der Waals surface area contributed by atoms with E-state index in [9.17, 15) is 4.79 Å². The number of amides is 1. The summed E-state index contributed by atoms with van der Waals surface area (Å²) in [6.45, 7) is 0.551. The number of carbonyl (C=O) groups excluding carboxylic acids is 1. The van der Waals surface area contributed by atoms with Gasteiger partial charge < -0.3 is 9.47 Å². The van der Waals surface area contributed by atoms with Crippen LogP contribution in [0.3, 0.4) is 0 Å². The van der Waals surface area contributed by atoms with Crippen LogP contribution in [0.1, 0.15) is 59.8 Å². The zero-order valence-corrected chi connectivity index (χ0v) is 16.3. The molecule has 0 bridgehead atoms. The highest BCUT2D eigenvalue weighted by Crippen LogP contribution is 2.33. The van der Waals surface area contributed by atoms with Gasteiger partial charge in [-0.25, -0.2) is 4.98 Å². The third kappa shape index (κ3) is 3.84. The van der Waals surface area contributed by atoms with Crippen molar-refractivity contribution in [1.29, 1.82) is 0 Å². The topological polar surface area (TPSA) is 51.0 Å². The summed E-state index contributed by atoms with van der Waals surface area (Å²) >= 11 is 0. The maximum absolute atomic E-state index is 13.2. The summed E-state index contributed by atoms with van der Waals surface area (Å²) in [5, 5.41) is 0. The Hall–Kier alpha value is -2.95. The van der Waals surface area contributed by atoms with Gasteiger partial charge in [0.1, 0.15) is 5.82 Å². The molecule has 1 saturated carbocycles. The van der Waals surface area contributed by atoms with Crippen LogP contribution in [-0.4, -0.2) is 32.4 Å². The molecule has 28 heavy (non-hydrogen) atoms. The second kappa shape index (κ2) is 8.38. The van der Waals surface area contributed by atoms with E-state index in [-0.39, 0.29) is 5.91 Å². The summed E-state index contributed by atoms with van der Waals surface area (Å²) in [5.74, 6) is 1.56. The van der Waals surface area contributed by atoms with Gasteiger partial charge in [-0.3, -0.25) is 9.78 Å². The van der Waals surface area contributed by atoms with Crippen molar-refractivity contribution in [2.75, 3.05) is 7.05 Å². The lowest BCUT2D eigenvalue weighted by atomic mass is 9.88. The molecule has 1 aliphatic rings. The molecule has 1 amide bonds. The minimum absolute atomic E-state index is 0.00991. The second-order valence-corrected chi connectivity index (χ2v) is 7.52. The van der Waals surface area contributed by atoms with Crippen molar-refractivity contribution < 1.29 is 4.79 Å². The molecule has 2 heterocycles. The summed E-state index contributed by atoms with van der Waals surface area (Å²) in [6, 6.07) is 11.7. The van der Waals surface area contributed by atoms with Crippen molar-refractivity contribution >= 4 is 5.91 Å². The van der Waals surface area contributed by atoms with Gasteiger partial charge in [0.25, 0.3) is 5.91 Å². The first-order valence-corrected chi connectivity index (χ1v) is 10.0. The molecule has 1 aromatic carbocycles. The van der Waals surface area contributed by atoms with Crippen LogP contribution < -0.4 is 0 Å². The fraction of sp³-hybridized carbons (Fsp3) is 0.348. The van der Waals surface area contributed by atoms with E-state index >= 15 is 0 Å². The molecule has 2 aromatic heterocycles. The van der Waals surface area contributed by atoms with E-state index in [0.717, 1.165) is 17.1 Å². The van der Waals surface area contributed by atoms with E-state index in [2.05, 4.69) is 14.5 Å². The number of imidazole rings is 1. The molecule has 3 aromatic rings. The van der Waals surface area contributed by atoms with Gasteiger partial charge in [0.05, 0.1) is 11.3 Å². The van der Waals surface area contributed by atoms with Gasteiger partial charge in [-0.2, -0.15) is 0 Å². The predicted octanol–water partition coefficient (Wildman–Crippen LogP) is 4.59. The fourth-order valence-corrected chi connectivity index (χ4v) is 4.09. The SMILES string of the molecule is CN(Cc1ccncc1)C(=O)c1ccccc1-n1ccnc1C1CCCCC1. The summed E-state index contributed by atoms with van der Waals surface area (Å²) in [7, 11) is 1.84. The Morgan fingerprint density at radius 2 is 1.82 bits per heavy atom. The highest BCUT2D eigenvalue weighted by Gasteiger charge is 2.23. The number of para-hydroxylation sites is 1. The first kappa shape index (κ1) is 18.4. The van der Waals surface area contributed by atoms with Crippen LogP contribution in [0.5, 0.6) is 0 Å². The maximum Gasteiger partial charge on any atom is 0.256 e. The van der Waals surface area contributed by atoms with E-state index in [1.807, 2.05) is 55.8 Å². The molecular formula is C23H26N4O. The Labute approximate surface area is 166 Å². The Morgan fingerprint density at radius 1 is 1.07 bits per heavy atom. The van der Waals surface area contributed by atoms with Gasteiger partial charge in [-0.15, -0.1) is 0 Å². The number of nitrogens with zero attached hydrogens (tertiary/aromatic N) is 4. The molecule has 1 aliphatic carbocycles. The monoisotopic (exact) mass is 374 g/mol. The third-order valence-corrected chi connectivity index (χ3v) is 5.55. The van der Waals surface area contributed by atoms with Crippen LogP contribution in [0.2, 0.25) is 0 Å². The lowest BCUT2D eigenvalue weighted by Gasteiger charge is -2.24.